The Bertz CT molecular complexity index is 933. The van der Waals surface area contributed by atoms with Crippen molar-refractivity contribution in [3.8, 4) is 10.4 Å². The number of hydrogen-bond acceptors (Lipinski definition) is 4. The van der Waals surface area contributed by atoms with E-state index >= 15 is 0 Å². The van der Waals surface area contributed by atoms with Crippen LogP contribution in [0, 0.1) is 5.82 Å². The zero-order valence-electron chi connectivity index (χ0n) is 13.7. The number of halogens is 1. The zero-order chi connectivity index (χ0) is 17.4. The molecular weight excluding hydrogens is 339 g/mol. The van der Waals surface area contributed by atoms with E-state index in [9.17, 15) is 9.18 Å². The van der Waals surface area contributed by atoms with Crippen LogP contribution in [0.15, 0.2) is 36.4 Å². The minimum atomic E-state index is -0.288. The number of rotatable bonds is 4. The van der Waals surface area contributed by atoms with E-state index < -0.39 is 0 Å². The first kappa shape index (κ1) is 16.0. The van der Waals surface area contributed by atoms with Crippen molar-refractivity contribution in [3.63, 3.8) is 0 Å². The lowest BCUT2D eigenvalue weighted by molar-refractivity contribution is 0.0941. The summed E-state index contributed by atoms with van der Waals surface area (Å²) in [4.78, 5) is 13.8. The molecule has 128 valence electrons. The maximum Gasteiger partial charge on any atom is 0.261 e. The number of aryl methyl sites for hydroxylation is 1. The van der Waals surface area contributed by atoms with Gasteiger partial charge in [-0.3, -0.25) is 4.79 Å². The lowest BCUT2D eigenvalue weighted by Gasteiger charge is -2.13. The number of fused-ring (bicyclic) bond motifs is 1. The number of carbonyl (C=O) groups excluding carboxylic acids is 1. The Morgan fingerprint density at radius 1 is 1.28 bits per heavy atom. The van der Waals surface area contributed by atoms with Crippen LogP contribution in [0.5, 0.6) is 0 Å². The number of thiophene rings is 1. The first-order valence-electron chi connectivity index (χ1n) is 8.21. The predicted molar refractivity (Wildman–Crippen MR) is 93.9 cm³/mol. The molecule has 1 atom stereocenters. The SMILES string of the molecule is C[C@@H](NC(=O)c1ccc(-c2ccccc2F)s1)c1nnc2n1CCC2. The van der Waals surface area contributed by atoms with Gasteiger partial charge in [0, 0.05) is 23.4 Å². The smallest absolute Gasteiger partial charge is 0.261 e. The number of aromatic nitrogens is 3. The summed E-state index contributed by atoms with van der Waals surface area (Å²) >= 11 is 1.28. The third kappa shape index (κ3) is 2.95. The quantitative estimate of drug-likeness (QED) is 0.777. The molecule has 0 radical (unpaired) electrons. The van der Waals surface area contributed by atoms with E-state index in [4.69, 9.17) is 0 Å². The summed E-state index contributed by atoms with van der Waals surface area (Å²) in [5.41, 5.74) is 0.509. The van der Waals surface area contributed by atoms with Crippen molar-refractivity contribution >= 4 is 17.2 Å². The molecule has 0 aliphatic carbocycles. The van der Waals surface area contributed by atoms with E-state index in [1.54, 1.807) is 30.3 Å². The summed E-state index contributed by atoms with van der Waals surface area (Å²) in [6.07, 6.45) is 2.00. The number of nitrogens with zero attached hydrogens (tertiary/aromatic N) is 3. The second-order valence-electron chi connectivity index (χ2n) is 6.07. The van der Waals surface area contributed by atoms with Crippen molar-refractivity contribution in [2.45, 2.75) is 32.4 Å². The van der Waals surface area contributed by atoms with Gasteiger partial charge in [0.15, 0.2) is 5.82 Å². The van der Waals surface area contributed by atoms with Crippen molar-refractivity contribution in [2.24, 2.45) is 0 Å². The standard InChI is InChI=1S/C18H17FN4OS/c1-11(17-22-21-16-7-4-10-23(16)17)20-18(24)15-9-8-14(25-15)12-5-2-3-6-13(12)19/h2-3,5-6,8-9,11H,4,7,10H2,1H3,(H,20,24)/t11-/m1/s1. The van der Waals surface area contributed by atoms with E-state index in [0.717, 1.165) is 35.9 Å². The molecule has 7 heteroatoms. The fourth-order valence-electron chi connectivity index (χ4n) is 3.09. The van der Waals surface area contributed by atoms with E-state index in [0.29, 0.717) is 10.4 Å². The molecule has 25 heavy (non-hydrogen) atoms. The maximum absolute atomic E-state index is 13.9. The zero-order valence-corrected chi connectivity index (χ0v) is 14.5. The topological polar surface area (TPSA) is 59.8 Å². The minimum Gasteiger partial charge on any atom is -0.342 e. The Morgan fingerprint density at radius 2 is 2.12 bits per heavy atom. The molecule has 0 bridgehead atoms. The lowest BCUT2D eigenvalue weighted by atomic mass is 10.2. The fraction of sp³-hybridized carbons (Fsp3) is 0.278. The highest BCUT2D eigenvalue weighted by Gasteiger charge is 2.23. The molecule has 3 aromatic rings. The largest absolute Gasteiger partial charge is 0.342 e. The van der Waals surface area contributed by atoms with Crippen LogP contribution in [-0.2, 0) is 13.0 Å². The number of nitrogens with one attached hydrogen (secondary N) is 1. The molecule has 0 saturated heterocycles. The number of amides is 1. The van der Waals surface area contributed by atoms with Crippen LogP contribution in [0.2, 0.25) is 0 Å². The second kappa shape index (κ2) is 6.40. The Labute approximate surface area is 148 Å². The highest BCUT2D eigenvalue weighted by atomic mass is 32.1. The van der Waals surface area contributed by atoms with E-state index in [1.165, 1.54) is 17.4 Å². The van der Waals surface area contributed by atoms with Crippen LogP contribution < -0.4 is 5.32 Å². The molecule has 0 unspecified atom stereocenters. The molecule has 3 heterocycles. The minimum absolute atomic E-state index is 0.185. The molecule has 5 nitrogen and oxygen atoms in total. The molecule has 1 aliphatic rings. The molecule has 4 rings (SSSR count). The summed E-state index contributed by atoms with van der Waals surface area (Å²) in [6, 6.07) is 9.84. The van der Waals surface area contributed by atoms with Crippen molar-refractivity contribution in [3.05, 3.63) is 58.7 Å². The summed E-state index contributed by atoms with van der Waals surface area (Å²) in [5, 5.41) is 11.3. The van der Waals surface area contributed by atoms with Gasteiger partial charge in [0.05, 0.1) is 10.9 Å². The van der Waals surface area contributed by atoms with Gasteiger partial charge in [0.25, 0.3) is 5.91 Å². The third-order valence-corrected chi connectivity index (χ3v) is 5.46. The van der Waals surface area contributed by atoms with Crippen LogP contribution in [0.4, 0.5) is 4.39 Å². The van der Waals surface area contributed by atoms with Gasteiger partial charge in [-0.1, -0.05) is 18.2 Å². The number of carbonyl (C=O) groups is 1. The molecule has 1 aromatic carbocycles. The summed E-state index contributed by atoms with van der Waals surface area (Å²) in [6.45, 7) is 2.80. The van der Waals surface area contributed by atoms with Crippen LogP contribution in [0.1, 0.15) is 40.7 Å². The van der Waals surface area contributed by atoms with Gasteiger partial charge in [0.2, 0.25) is 0 Å². The molecule has 2 aromatic heterocycles. The van der Waals surface area contributed by atoms with Crippen LogP contribution in [0.25, 0.3) is 10.4 Å². The molecule has 1 aliphatic heterocycles. The molecule has 0 spiro atoms. The van der Waals surface area contributed by atoms with E-state index in [1.807, 2.05) is 6.92 Å². The Hall–Kier alpha value is -2.54. The molecule has 0 fully saturated rings. The first-order chi connectivity index (χ1) is 12.1. The van der Waals surface area contributed by atoms with Gasteiger partial charge < -0.3 is 9.88 Å². The number of hydrogen-bond donors (Lipinski definition) is 1. The highest BCUT2D eigenvalue weighted by molar-refractivity contribution is 7.17. The fourth-order valence-corrected chi connectivity index (χ4v) is 4.03. The monoisotopic (exact) mass is 356 g/mol. The van der Waals surface area contributed by atoms with Crippen LogP contribution in [-0.4, -0.2) is 20.7 Å². The Kier molecular flexibility index (Phi) is 4.09. The summed E-state index contributed by atoms with van der Waals surface area (Å²) in [7, 11) is 0. The maximum atomic E-state index is 13.9. The molecule has 1 amide bonds. The third-order valence-electron chi connectivity index (χ3n) is 4.34. The average molecular weight is 356 g/mol. The Balaban J connectivity index is 1.51. The predicted octanol–water partition coefficient (Wildman–Crippen LogP) is 3.58. The Morgan fingerprint density at radius 3 is 2.96 bits per heavy atom. The van der Waals surface area contributed by atoms with E-state index in [-0.39, 0.29) is 17.8 Å². The van der Waals surface area contributed by atoms with Crippen molar-refractivity contribution in [2.75, 3.05) is 0 Å². The van der Waals surface area contributed by atoms with Crippen molar-refractivity contribution in [1.82, 2.24) is 20.1 Å². The first-order valence-corrected chi connectivity index (χ1v) is 9.02. The van der Waals surface area contributed by atoms with Crippen molar-refractivity contribution < 1.29 is 9.18 Å². The van der Waals surface area contributed by atoms with Gasteiger partial charge in [-0.05, 0) is 31.5 Å². The van der Waals surface area contributed by atoms with E-state index in [2.05, 4.69) is 20.1 Å². The van der Waals surface area contributed by atoms with Gasteiger partial charge in [-0.2, -0.15) is 0 Å². The average Bonchev–Trinajstić information content (AvgIpc) is 3.31. The molecule has 1 N–H and O–H groups in total. The summed E-state index contributed by atoms with van der Waals surface area (Å²) < 4.78 is 16.0. The normalized spacial score (nSPS) is 14.3. The van der Waals surface area contributed by atoms with Gasteiger partial charge in [-0.25, -0.2) is 4.39 Å². The molecular formula is C18H17FN4OS. The van der Waals surface area contributed by atoms with Gasteiger partial charge >= 0.3 is 0 Å². The lowest BCUT2D eigenvalue weighted by Crippen LogP contribution is -2.28. The summed E-state index contributed by atoms with van der Waals surface area (Å²) in [5.74, 6) is 1.29. The van der Waals surface area contributed by atoms with Crippen molar-refractivity contribution in [1.29, 1.82) is 0 Å². The number of benzene rings is 1. The second-order valence-corrected chi connectivity index (χ2v) is 7.15. The molecule has 0 saturated carbocycles. The van der Waals surface area contributed by atoms with Gasteiger partial charge in [0.1, 0.15) is 11.6 Å². The van der Waals surface area contributed by atoms with Gasteiger partial charge in [-0.15, -0.1) is 21.5 Å². The van der Waals surface area contributed by atoms with Crippen LogP contribution >= 0.6 is 11.3 Å². The highest BCUT2D eigenvalue weighted by Crippen LogP contribution is 2.30. The van der Waals surface area contributed by atoms with Crippen LogP contribution in [0.3, 0.4) is 0 Å².